The summed E-state index contributed by atoms with van der Waals surface area (Å²) < 4.78 is 0. The Bertz CT molecular complexity index is 877. The molecule has 1 heterocycles. The fraction of sp³-hybridized carbons (Fsp3) is 0. The summed E-state index contributed by atoms with van der Waals surface area (Å²) >= 11 is 12.0. The van der Waals surface area contributed by atoms with Gasteiger partial charge in [-0.1, -0.05) is 29.3 Å². The van der Waals surface area contributed by atoms with Gasteiger partial charge in [-0.05, 0) is 36.4 Å². The number of aromatic nitrogens is 2. The lowest BCUT2D eigenvalue weighted by Crippen LogP contribution is -2.12. The van der Waals surface area contributed by atoms with Crippen molar-refractivity contribution >= 4 is 34.8 Å². The Hall–Kier alpha value is -2.50. The van der Waals surface area contributed by atoms with Crippen molar-refractivity contribution < 1.29 is 9.90 Å². The topological polar surface area (TPSA) is 78.0 Å². The number of anilines is 1. The van der Waals surface area contributed by atoms with E-state index in [2.05, 4.69) is 15.5 Å². The first kappa shape index (κ1) is 15.4. The molecule has 116 valence electrons. The van der Waals surface area contributed by atoms with Gasteiger partial charge >= 0.3 is 0 Å². The summed E-state index contributed by atoms with van der Waals surface area (Å²) in [6, 6.07) is 12.9. The third-order valence-corrected chi connectivity index (χ3v) is 3.68. The van der Waals surface area contributed by atoms with Crippen LogP contribution in [-0.4, -0.2) is 21.2 Å². The number of amides is 1. The monoisotopic (exact) mass is 347 g/mol. The Morgan fingerprint density at radius 1 is 1.13 bits per heavy atom. The van der Waals surface area contributed by atoms with Crippen molar-refractivity contribution in [1.82, 2.24) is 10.2 Å². The first-order valence-electron chi connectivity index (χ1n) is 6.64. The van der Waals surface area contributed by atoms with Crippen molar-refractivity contribution in [2.24, 2.45) is 0 Å². The molecule has 0 fully saturated rings. The first-order valence-corrected chi connectivity index (χ1v) is 7.40. The predicted octanol–water partition coefficient (Wildman–Crippen LogP) is 4.34. The Morgan fingerprint density at radius 2 is 1.96 bits per heavy atom. The number of aromatic hydroxyl groups is 1. The lowest BCUT2D eigenvalue weighted by atomic mass is 10.1. The summed E-state index contributed by atoms with van der Waals surface area (Å²) in [5, 5.41) is 19.8. The molecule has 1 amide bonds. The molecule has 23 heavy (non-hydrogen) atoms. The zero-order valence-corrected chi connectivity index (χ0v) is 13.2. The Balaban J connectivity index is 1.82. The molecule has 3 N–H and O–H groups in total. The third kappa shape index (κ3) is 3.47. The van der Waals surface area contributed by atoms with Crippen LogP contribution in [0.15, 0.2) is 48.5 Å². The molecule has 0 saturated heterocycles. The molecular weight excluding hydrogens is 337 g/mol. The maximum atomic E-state index is 12.2. The molecule has 0 aliphatic rings. The minimum atomic E-state index is -0.376. The maximum absolute atomic E-state index is 12.2. The molecule has 1 aromatic heterocycles. The molecule has 3 rings (SSSR count). The number of phenols is 1. The van der Waals surface area contributed by atoms with E-state index in [1.807, 2.05) is 0 Å². The molecular formula is C16H11Cl2N3O2. The quantitative estimate of drug-likeness (QED) is 0.659. The minimum Gasteiger partial charge on any atom is -0.508 e. The van der Waals surface area contributed by atoms with Crippen LogP contribution in [0.3, 0.4) is 0 Å². The SMILES string of the molecule is O=C(Nc1cccc(O)c1)c1cc(-c2ccc(Cl)cc2Cl)n[nH]1. The summed E-state index contributed by atoms with van der Waals surface area (Å²) in [4.78, 5) is 12.2. The molecule has 3 aromatic rings. The zero-order valence-electron chi connectivity index (χ0n) is 11.7. The molecule has 0 bridgehead atoms. The second-order valence-corrected chi connectivity index (χ2v) is 5.64. The van der Waals surface area contributed by atoms with Gasteiger partial charge < -0.3 is 10.4 Å². The summed E-state index contributed by atoms with van der Waals surface area (Å²) in [5.74, 6) is -0.305. The number of H-pyrrole nitrogens is 1. The fourth-order valence-corrected chi connectivity index (χ4v) is 2.56. The summed E-state index contributed by atoms with van der Waals surface area (Å²) in [6.45, 7) is 0. The van der Waals surface area contributed by atoms with Crippen LogP contribution in [0.25, 0.3) is 11.3 Å². The number of halogens is 2. The van der Waals surface area contributed by atoms with E-state index in [9.17, 15) is 9.90 Å². The van der Waals surface area contributed by atoms with Gasteiger partial charge in [-0.15, -0.1) is 0 Å². The highest BCUT2D eigenvalue weighted by Crippen LogP contribution is 2.29. The average Bonchev–Trinajstić information content (AvgIpc) is 2.97. The summed E-state index contributed by atoms with van der Waals surface area (Å²) in [6.07, 6.45) is 0. The molecule has 7 heteroatoms. The number of phenolic OH excluding ortho intramolecular Hbond substituents is 1. The van der Waals surface area contributed by atoms with Gasteiger partial charge in [-0.3, -0.25) is 9.89 Å². The number of nitrogens with zero attached hydrogens (tertiary/aromatic N) is 1. The number of aromatic amines is 1. The molecule has 5 nitrogen and oxygen atoms in total. The molecule has 0 unspecified atom stereocenters. The highest BCUT2D eigenvalue weighted by molar-refractivity contribution is 6.36. The number of carbonyl (C=O) groups is 1. The average molecular weight is 348 g/mol. The van der Waals surface area contributed by atoms with E-state index >= 15 is 0 Å². The van der Waals surface area contributed by atoms with E-state index in [1.165, 1.54) is 12.1 Å². The van der Waals surface area contributed by atoms with E-state index in [4.69, 9.17) is 23.2 Å². The Morgan fingerprint density at radius 3 is 2.70 bits per heavy atom. The molecule has 0 aliphatic carbocycles. The van der Waals surface area contributed by atoms with Crippen molar-refractivity contribution in [2.45, 2.75) is 0 Å². The summed E-state index contributed by atoms with van der Waals surface area (Å²) in [7, 11) is 0. The van der Waals surface area contributed by atoms with Gasteiger partial charge in [0, 0.05) is 22.3 Å². The van der Waals surface area contributed by atoms with Crippen LogP contribution in [0.4, 0.5) is 5.69 Å². The maximum Gasteiger partial charge on any atom is 0.273 e. The van der Waals surface area contributed by atoms with Gasteiger partial charge in [-0.25, -0.2) is 0 Å². The number of hydrogen-bond donors (Lipinski definition) is 3. The van der Waals surface area contributed by atoms with Gasteiger partial charge in [0.05, 0.1) is 10.7 Å². The van der Waals surface area contributed by atoms with Gasteiger partial charge in [-0.2, -0.15) is 5.10 Å². The zero-order chi connectivity index (χ0) is 16.4. The van der Waals surface area contributed by atoms with E-state index < -0.39 is 0 Å². The number of carbonyl (C=O) groups excluding carboxylic acids is 1. The van der Waals surface area contributed by atoms with E-state index in [0.29, 0.717) is 27.0 Å². The van der Waals surface area contributed by atoms with Crippen LogP contribution in [-0.2, 0) is 0 Å². The van der Waals surface area contributed by atoms with E-state index in [1.54, 1.807) is 36.4 Å². The third-order valence-electron chi connectivity index (χ3n) is 3.13. The standard InChI is InChI=1S/C16H11Cl2N3O2/c17-9-4-5-12(13(18)6-9)14-8-15(21-20-14)16(23)19-10-2-1-3-11(22)7-10/h1-8,22H,(H,19,23)(H,20,21). The van der Waals surface area contributed by atoms with Crippen LogP contribution in [0.1, 0.15) is 10.5 Å². The first-order chi connectivity index (χ1) is 11.0. The normalized spacial score (nSPS) is 10.5. The molecule has 0 aliphatic heterocycles. The van der Waals surface area contributed by atoms with Gasteiger partial charge in [0.2, 0.25) is 0 Å². The van der Waals surface area contributed by atoms with Crippen molar-refractivity contribution in [3.8, 4) is 17.0 Å². The lowest BCUT2D eigenvalue weighted by molar-refractivity contribution is 0.102. The van der Waals surface area contributed by atoms with E-state index in [-0.39, 0.29) is 17.4 Å². The van der Waals surface area contributed by atoms with E-state index in [0.717, 1.165) is 0 Å². The van der Waals surface area contributed by atoms with Crippen LogP contribution in [0.5, 0.6) is 5.75 Å². The molecule has 0 radical (unpaired) electrons. The van der Waals surface area contributed by atoms with Gasteiger partial charge in [0.1, 0.15) is 11.4 Å². The number of nitrogens with one attached hydrogen (secondary N) is 2. The highest BCUT2D eigenvalue weighted by Gasteiger charge is 2.13. The van der Waals surface area contributed by atoms with Crippen LogP contribution in [0, 0.1) is 0 Å². The molecule has 0 spiro atoms. The van der Waals surface area contributed by atoms with Gasteiger partial charge in [0.15, 0.2) is 0 Å². The second kappa shape index (κ2) is 6.32. The van der Waals surface area contributed by atoms with Crippen LogP contribution >= 0.6 is 23.2 Å². The molecule has 2 aromatic carbocycles. The number of benzene rings is 2. The molecule has 0 atom stereocenters. The number of rotatable bonds is 3. The largest absolute Gasteiger partial charge is 0.508 e. The Kier molecular flexibility index (Phi) is 4.23. The van der Waals surface area contributed by atoms with Crippen LogP contribution in [0.2, 0.25) is 10.0 Å². The smallest absolute Gasteiger partial charge is 0.273 e. The van der Waals surface area contributed by atoms with Crippen molar-refractivity contribution in [1.29, 1.82) is 0 Å². The van der Waals surface area contributed by atoms with Crippen LogP contribution < -0.4 is 5.32 Å². The van der Waals surface area contributed by atoms with Crippen molar-refractivity contribution in [3.63, 3.8) is 0 Å². The van der Waals surface area contributed by atoms with Gasteiger partial charge in [0.25, 0.3) is 5.91 Å². The summed E-state index contributed by atoms with van der Waals surface area (Å²) in [5.41, 5.74) is 1.96. The fourth-order valence-electron chi connectivity index (χ4n) is 2.06. The minimum absolute atomic E-state index is 0.0704. The number of hydrogen-bond acceptors (Lipinski definition) is 3. The lowest BCUT2D eigenvalue weighted by Gasteiger charge is -2.03. The Labute approximate surface area is 141 Å². The predicted molar refractivity (Wildman–Crippen MR) is 90.1 cm³/mol. The molecule has 0 saturated carbocycles. The van der Waals surface area contributed by atoms with Crippen molar-refractivity contribution in [3.05, 3.63) is 64.3 Å². The van der Waals surface area contributed by atoms with Crippen molar-refractivity contribution in [2.75, 3.05) is 5.32 Å². The second-order valence-electron chi connectivity index (χ2n) is 4.80. The highest BCUT2D eigenvalue weighted by atomic mass is 35.5.